The molecule has 0 aliphatic carbocycles. The van der Waals surface area contributed by atoms with E-state index in [2.05, 4.69) is 37.2 Å². The second-order valence-electron chi connectivity index (χ2n) is 3.79. The third-order valence-electron chi connectivity index (χ3n) is 2.39. The number of nitrogens with zero attached hydrogens (tertiary/aromatic N) is 1. The Kier molecular flexibility index (Phi) is 5.12. The van der Waals surface area contributed by atoms with Crippen LogP contribution in [0.4, 0.5) is 5.69 Å². The van der Waals surface area contributed by atoms with Gasteiger partial charge in [0, 0.05) is 4.47 Å². The van der Waals surface area contributed by atoms with E-state index in [1.807, 2.05) is 35.7 Å². The molecule has 1 amide bonds. The van der Waals surface area contributed by atoms with Gasteiger partial charge in [0.1, 0.15) is 11.6 Å². The van der Waals surface area contributed by atoms with E-state index in [-0.39, 0.29) is 5.57 Å². The molecule has 1 N–H and O–H groups in total. The first-order valence-electron chi connectivity index (χ1n) is 5.52. The van der Waals surface area contributed by atoms with E-state index in [1.165, 1.54) is 11.3 Å². The minimum absolute atomic E-state index is 0.0612. The SMILES string of the molecule is N#C/C(=C\c1csc(Br)c1)C(=O)Nc1ccccc1Br. The summed E-state index contributed by atoms with van der Waals surface area (Å²) in [4.78, 5) is 12.1. The lowest BCUT2D eigenvalue weighted by atomic mass is 10.2. The zero-order valence-corrected chi connectivity index (χ0v) is 14.0. The molecule has 100 valence electrons. The summed E-state index contributed by atoms with van der Waals surface area (Å²) >= 11 is 8.19. The van der Waals surface area contributed by atoms with Crippen molar-refractivity contribution in [1.29, 1.82) is 5.26 Å². The molecule has 6 heteroatoms. The van der Waals surface area contributed by atoms with Crippen molar-refractivity contribution in [3.05, 3.63) is 55.1 Å². The van der Waals surface area contributed by atoms with E-state index in [9.17, 15) is 4.79 Å². The molecule has 3 nitrogen and oxygen atoms in total. The lowest BCUT2D eigenvalue weighted by Gasteiger charge is -2.05. The summed E-state index contributed by atoms with van der Waals surface area (Å²) in [6.45, 7) is 0. The Morgan fingerprint density at radius 2 is 2.10 bits per heavy atom. The molecule has 0 aliphatic heterocycles. The molecule has 0 saturated carbocycles. The number of thiophene rings is 1. The second kappa shape index (κ2) is 6.84. The number of hydrogen-bond acceptors (Lipinski definition) is 3. The zero-order valence-electron chi connectivity index (χ0n) is 10.1. The summed E-state index contributed by atoms with van der Waals surface area (Å²) in [5.41, 5.74) is 1.51. The van der Waals surface area contributed by atoms with Crippen LogP contribution in [0.2, 0.25) is 0 Å². The van der Waals surface area contributed by atoms with Gasteiger partial charge in [-0.1, -0.05) is 12.1 Å². The highest BCUT2D eigenvalue weighted by Gasteiger charge is 2.11. The summed E-state index contributed by atoms with van der Waals surface area (Å²) in [5.74, 6) is -0.429. The van der Waals surface area contributed by atoms with Crippen molar-refractivity contribution in [2.75, 3.05) is 5.32 Å². The molecular weight excluding hydrogens is 404 g/mol. The third-order valence-corrected chi connectivity index (χ3v) is 4.60. The average molecular weight is 412 g/mol. The van der Waals surface area contributed by atoms with Crippen LogP contribution in [0, 0.1) is 11.3 Å². The normalized spacial score (nSPS) is 10.9. The van der Waals surface area contributed by atoms with E-state index in [1.54, 1.807) is 12.1 Å². The van der Waals surface area contributed by atoms with E-state index in [0.29, 0.717) is 5.69 Å². The Morgan fingerprint density at radius 1 is 1.35 bits per heavy atom. The molecule has 0 unspecified atom stereocenters. The summed E-state index contributed by atoms with van der Waals surface area (Å²) in [5, 5.41) is 13.7. The van der Waals surface area contributed by atoms with Gasteiger partial charge < -0.3 is 5.32 Å². The molecule has 0 spiro atoms. The molecule has 1 aromatic heterocycles. The summed E-state index contributed by atoms with van der Waals surface area (Å²) in [6, 6.07) is 11.0. The van der Waals surface area contributed by atoms with Crippen molar-refractivity contribution in [3.8, 4) is 6.07 Å². The topological polar surface area (TPSA) is 52.9 Å². The standard InChI is InChI=1S/C14H8Br2N2OS/c15-11-3-1-2-4-12(11)18-14(19)10(7-17)5-9-6-13(16)20-8-9/h1-6,8H,(H,18,19)/b10-5+. The first kappa shape index (κ1) is 15.0. The Bertz CT molecular complexity index is 716. The molecule has 0 saturated heterocycles. The molecule has 0 atom stereocenters. The molecule has 0 fully saturated rings. The monoisotopic (exact) mass is 410 g/mol. The quantitative estimate of drug-likeness (QED) is 0.581. The lowest BCUT2D eigenvalue weighted by molar-refractivity contribution is -0.112. The number of rotatable bonds is 3. The van der Waals surface area contributed by atoms with Crippen molar-refractivity contribution in [1.82, 2.24) is 0 Å². The number of para-hydroxylation sites is 1. The molecule has 0 aliphatic rings. The Labute approximate surface area is 137 Å². The highest BCUT2D eigenvalue weighted by Crippen LogP contribution is 2.24. The summed E-state index contributed by atoms with van der Waals surface area (Å²) < 4.78 is 1.72. The highest BCUT2D eigenvalue weighted by molar-refractivity contribution is 9.11. The first-order chi connectivity index (χ1) is 9.60. The van der Waals surface area contributed by atoms with Crippen molar-refractivity contribution in [2.45, 2.75) is 0 Å². The first-order valence-corrected chi connectivity index (χ1v) is 7.98. The molecule has 2 rings (SSSR count). The number of amides is 1. The molecule has 1 aromatic carbocycles. The predicted octanol–water partition coefficient (Wildman–Crippen LogP) is 4.82. The van der Waals surface area contributed by atoms with Crippen LogP contribution in [0.5, 0.6) is 0 Å². The van der Waals surface area contributed by atoms with Gasteiger partial charge in [-0.3, -0.25) is 4.79 Å². The fourth-order valence-electron chi connectivity index (χ4n) is 1.47. The van der Waals surface area contributed by atoms with Crippen LogP contribution in [0.3, 0.4) is 0 Å². The van der Waals surface area contributed by atoms with Crippen molar-refractivity contribution < 1.29 is 4.79 Å². The molecular formula is C14H8Br2N2OS. The van der Waals surface area contributed by atoms with Crippen molar-refractivity contribution >= 4 is 60.9 Å². The number of anilines is 1. The fourth-order valence-corrected chi connectivity index (χ4v) is 2.98. The minimum Gasteiger partial charge on any atom is -0.320 e. The van der Waals surface area contributed by atoms with Crippen LogP contribution in [-0.2, 0) is 4.79 Å². The molecule has 1 heterocycles. The fraction of sp³-hybridized carbons (Fsp3) is 0. The van der Waals surface area contributed by atoms with E-state index in [4.69, 9.17) is 5.26 Å². The van der Waals surface area contributed by atoms with Crippen LogP contribution < -0.4 is 5.32 Å². The second-order valence-corrected chi connectivity index (χ2v) is 6.93. The van der Waals surface area contributed by atoms with Gasteiger partial charge >= 0.3 is 0 Å². The van der Waals surface area contributed by atoms with Crippen LogP contribution in [0.1, 0.15) is 5.56 Å². The van der Waals surface area contributed by atoms with Gasteiger partial charge in [0.15, 0.2) is 0 Å². The number of halogens is 2. The van der Waals surface area contributed by atoms with Crippen molar-refractivity contribution in [2.24, 2.45) is 0 Å². The van der Waals surface area contributed by atoms with E-state index in [0.717, 1.165) is 13.8 Å². The lowest BCUT2D eigenvalue weighted by Crippen LogP contribution is -2.13. The van der Waals surface area contributed by atoms with Gasteiger partial charge in [0.25, 0.3) is 5.91 Å². The smallest absolute Gasteiger partial charge is 0.266 e. The molecule has 20 heavy (non-hydrogen) atoms. The van der Waals surface area contributed by atoms with Gasteiger partial charge in [-0.25, -0.2) is 0 Å². The van der Waals surface area contributed by atoms with Crippen LogP contribution in [0.25, 0.3) is 6.08 Å². The largest absolute Gasteiger partial charge is 0.320 e. The molecule has 0 radical (unpaired) electrons. The Morgan fingerprint density at radius 3 is 2.70 bits per heavy atom. The van der Waals surface area contributed by atoms with Gasteiger partial charge in [-0.05, 0) is 67.1 Å². The number of carbonyl (C=O) groups excluding carboxylic acids is 1. The van der Waals surface area contributed by atoms with E-state index >= 15 is 0 Å². The Balaban J connectivity index is 2.21. The van der Waals surface area contributed by atoms with Crippen LogP contribution >= 0.6 is 43.2 Å². The number of benzene rings is 1. The predicted molar refractivity (Wildman–Crippen MR) is 88.4 cm³/mol. The summed E-state index contributed by atoms with van der Waals surface area (Å²) in [7, 11) is 0. The van der Waals surface area contributed by atoms with Crippen LogP contribution in [0.15, 0.2) is 49.5 Å². The maximum Gasteiger partial charge on any atom is 0.266 e. The number of hydrogen-bond donors (Lipinski definition) is 1. The number of carbonyl (C=O) groups is 1. The molecule has 2 aromatic rings. The minimum atomic E-state index is -0.429. The van der Waals surface area contributed by atoms with Gasteiger partial charge in [0.2, 0.25) is 0 Å². The van der Waals surface area contributed by atoms with Gasteiger partial charge in [0.05, 0.1) is 9.47 Å². The maximum absolute atomic E-state index is 12.1. The highest BCUT2D eigenvalue weighted by atomic mass is 79.9. The molecule has 0 bridgehead atoms. The van der Waals surface area contributed by atoms with Gasteiger partial charge in [-0.15, -0.1) is 11.3 Å². The number of nitriles is 1. The summed E-state index contributed by atoms with van der Waals surface area (Å²) in [6.07, 6.45) is 1.56. The maximum atomic E-state index is 12.1. The van der Waals surface area contributed by atoms with Crippen LogP contribution in [-0.4, -0.2) is 5.91 Å². The number of nitrogens with one attached hydrogen (secondary N) is 1. The average Bonchev–Trinajstić information content (AvgIpc) is 2.84. The third kappa shape index (κ3) is 3.79. The Hall–Kier alpha value is -1.42. The van der Waals surface area contributed by atoms with Crippen molar-refractivity contribution in [3.63, 3.8) is 0 Å². The van der Waals surface area contributed by atoms with Gasteiger partial charge in [-0.2, -0.15) is 5.26 Å². The zero-order chi connectivity index (χ0) is 14.5. The van der Waals surface area contributed by atoms with E-state index < -0.39 is 5.91 Å².